The van der Waals surface area contributed by atoms with E-state index in [0.717, 1.165) is 30.0 Å². The van der Waals surface area contributed by atoms with Gasteiger partial charge in [-0.25, -0.2) is 19.5 Å². The van der Waals surface area contributed by atoms with Crippen LogP contribution in [0.25, 0.3) is 28.6 Å². The lowest BCUT2D eigenvalue weighted by atomic mass is 10.2. The van der Waals surface area contributed by atoms with Crippen LogP contribution in [0, 0.1) is 6.92 Å². The van der Waals surface area contributed by atoms with E-state index in [2.05, 4.69) is 25.0 Å². The highest BCUT2D eigenvalue weighted by molar-refractivity contribution is 5.64. The molecular formula is C18H17N7O2. The van der Waals surface area contributed by atoms with Crippen molar-refractivity contribution in [1.82, 2.24) is 29.5 Å². The molecule has 1 aliphatic heterocycles. The molecule has 1 saturated heterocycles. The molecule has 0 aromatic carbocycles. The van der Waals surface area contributed by atoms with Gasteiger partial charge >= 0.3 is 0 Å². The molecule has 5 heterocycles. The van der Waals surface area contributed by atoms with Gasteiger partial charge in [-0.2, -0.15) is 4.98 Å². The van der Waals surface area contributed by atoms with Crippen molar-refractivity contribution in [3.8, 4) is 22.8 Å². The second-order valence-electron chi connectivity index (χ2n) is 6.22. The molecule has 0 N–H and O–H groups in total. The minimum Gasteiger partial charge on any atom is -0.461 e. The molecule has 1 fully saturated rings. The monoisotopic (exact) mass is 363 g/mol. The van der Waals surface area contributed by atoms with Crippen molar-refractivity contribution in [3.05, 3.63) is 42.5 Å². The van der Waals surface area contributed by atoms with Crippen molar-refractivity contribution in [2.75, 3.05) is 31.2 Å². The van der Waals surface area contributed by atoms with Crippen LogP contribution in [0.4, 0.5) is 5.95 Å². The molecule has 0 unspecified atom stereocenters. The molecule has 4 aromatic heterocycles. The predicted octanol–water partition coefficient (Wildman–Crippen LogP) is 1.99. The molecule has 0 aliphatic carbocycles. The van der Waals surface area contributed by atoms with Gasteiger partial charge in [-0.15, -0.1) is 5.10 Å². The second kappa shape index (κ2) is 6.44. The second-order valence-corrected chi connectivity index (χ2v) is 6.22. The van der Waals surface area contributed by atoms with E-state index in [9.17, 15) is 0 Å². The maximum absolute atomic E-state index is 5.40. The summed E-state index contributed by atoms with van der Waals surface area (Å²) < 4.78 is 12.5. The third kappa shape index (κ3) is 2.81. The van der Waals surface area contributed by atoms with Crippen molar-refractivity contribution in [2.45, 2.75) is 6.92 Å². The van der Waals surface area contributed by atoms with Crippen LogP contribution in [0.5, 0.6) is 0 Å². The first-order valence-electron chi connectivity index (χ1n) is 8.72. The van der Waals surface area contributed by atoms with E-state index < -0.39 is 0 Å². The van der Waals surface area contributed by atoms with E-state index in [-0.39, 0.29) is 0 Å². The fourth-order valence-electron chi connectivity index (χ4n) is 3.12. The van der Waals surface area contributed by atoms with Crippen LogP contribution in [0.1, 0.15) is 5.69 Å². The lowest BCUT2D eigenvalue weighted by Gasteiger charge is -2.26. The zero-order chi connectivity index (χ0) is 18.2. The number of hydrogen-bond acceptors (Lipinski definition) is 8. The van der Waals surface area contributed by atoms with Crippen molar-refractivity contribution >= 4 is 11.7 Å². The molecule has 9 heteroatoms. The number of aromatic nitrogens is 6. The Morgan fingerprint density at radius 3 is 2.78 bits per heavy atom. The Morgan fingerprint density at radius 1 is 1.07 bits per heavy atom. The Bertz CT molecular complexity index is 1080. The molecular weight excluding hydrogens is 346 g/mol. The molecule has 9 nitrogen and oxygen atoms in total. The van der Waals surface area contributed by atoms with Crippen LogP contribution in [0.3, 0.4) is 0 Å². The highest BCUT2D eigenvalue weighted by atomic mass is 16.5. The van der Waals surface area contributed by atoms with Crippen LogP contribution in [0.15, 0.2) is 41.3 Å². The molecule has 0 saturated carbocycles. The number of rotatable bonds is 3. The first kappa shape index (κ1) is 15.9. The largest absolute Gasteiger partial charge is 0.461 e. The molecule has 0 radical (unpaired) electrons. The summed E-state index contributed by atoms with van der Waals surface area (Å²) in [6.45, 7) is 4.93. The number of anilines is 1. The summed E-state index contributed by atoms with van der Waals surface area (Å²) in [5.74, 6) is 2.33. The molecule has 5 rings (SSSR count). The lowest BCUT2D eigenvalue weighted by molar-refractivity contribution is 0.122. The highest BCUT2D eigenvalue weighted by Crippen LogP contribution is 2.24. The molecule has 27 heavy (non-hydrogen) atoms. The summed E-state index contributed by atoms with van der Waals surface area (Å²) in [5, 5.41) is 4.53. The van der Waals surface area contributed by atoms with Gasteiger partial charge in [0.25, 0.3) is 5.78 Å². The Morgan fingerprint density at radius 2 is 1.96 bits per heavy atom. The van der Waals surface area contributed by atoms with Gasteiger partial charge in [-0.3, -0.25) is 0 Å². The Kier molecular flexibility index (Phi) is 3.79. The van der Waals surface area contributed by atoms with Crippen LogP contribution in [-0.2, 0) is 4.74 Å². The van der Waals surface area contributed by atoms with Crippen molar-refractivity contribution in [1.29, 1.82) is 0 Å². The zero-order valence-corrected chi connectivity index (χ0v) is 14.7. The van der Waals surface area contributed by atoms with E-state index in [4.69, 9.17) is 14.1 Å². The smallest absolute Gasteiger partial charge is 0.253 e. The first-order valence-corrected chi connectivity index (χ1v) is 8.72. The lowest BCUT2D eigenvalue weighted by Crippen LogP contribution is -2.37. The van der Waals surface area contributed by atoms with Gasteiger partial charge in [0, 0.05) is 31.0 Å². The minimum absolute atomic E-state index is 0.504. The predicted molar refractivity (Wildman–Crippen MR) is 97.3 cm³/mol. The number of hydrogen-bond donors (Lipinski definition) is 0. The number of morpholine rings is 1. The third-order valence-corrected chi connectivity index (χ3v) is 4.56. The molecule has 0 atom stereocenters. The van der Waals surface area contributed by atoms with Crippen LogP contribution in [-0.4, -0.2) is 55.9 Å². The first-order chi connectivity index (χ1) is 13.3. The van der Waals surface area contributed by atoms with Crippen molar-refractivity contribution in [3.63, 3.8) is 0 Å². The number of furan rings is 1. The van der Waals surface area contributed by atoms with E-state index in [0.29, 0.717) is 36.5 Å². The van der Waals surface area contributed by atoms with E-state index >= 15 is 0 Å². The molecule has 4 aromatic rings. The van der Waals surface area contributed by atoms with Gasteiger partial charge in [-0.05, 0) is 25.1 Å². The SMILES string of the molecule is Cc1c(-c2ccnc(N3CCOCC3)n2)cnc2nc(-c3ccco3)nn12. The average Bonchev–Trinajstić information content (AvgIpc) is 3.39. The zero-order valence-electron chi connectivity index (χ0n) is 14.7. The number of fused-ring (bicyclic) bond motifs is 1. The highest BCUT2D eigenvalue weighted by Gasteiger charge is 2.17. The maximum atomic E-state index is 5.40. The summed E-state index contributed by atoms with van der Waals surface area (Å²) in [4.78, 5) is 20.1. The summed E-state index contributed by atoms with van der Waals surface area (Å²) in [6, 6.07) is 5.51. The summed E-state index contributed by atoms with van der Waals surface area (Å²) in [7, 11) is 0. The van der Waals surface area contributed by atoms with Crippen LogP contribution >= 0.6 is 0 Å². The van der Waals surface area contributed by atoms with Gasteiger partial charge in [0.2, 0.25) is 11.8 Å². The minimum atomic E-state index is 0.504. The van der Waals surface area contributed by atoms with E-state index in [1.54, 1.807) is 29.2 Å². The fraction of sp³-hybridized carbons (Fsp3) is 0.278. The van der Waals surface area contributed by atoms with Crippen LogP contribution < -0.4 is 4.90 Å². The topological polar surface area (TPSA) is 94.5 Å². The van der Waals surface area contributed by atoms with Gasteiger partial charge in [0.05, 0.1) is 30.9 Å². The molecule has 136 valence electrons. The van der Waals surface area contributed by atoms with Gasteiger partial charge in [0.1, 0.15) is 0 Å². The van der Waals surface area contributed by atoms with Gasteiger partial charge < -0.3 is 14.1 Å². The van der Waals surface area contributed by atoms with E-state index in [1.165, 1.54) is 0 Å². The molecule has 1 aliphatic rings. The number of aryl methyl sites for hydroxylation is 1. The fourth-order valence-corrected chi connectivity index (χ4v) is 3.12. The Labute approximate surface area is 154 Å². The summed E-state index contributed by atoms with van der Waals surface area (Å²) in [6.07, 6.45) is 5.14. The van der Waals surface area contributed by atoms with Crippen molar-refractivity contribution < 1.29 is 9.15 Å². The third-order valence-electron chi connectivity index (χ3n) is 4.56. The standard InChI is InChI=1S/C18H17N7O2/c1-12-13(14-4-5-19-17(21-14)24-6-9-26-10-7-24)11-20-18-22-16(23-25(12)18)15-3-2-8-27-15/h2-5,8,11H,6-7,9-10H2,1H3. The summed E-state index contributed by atoms with van der Waals surface area (Å²) in [5.41, 5.74) is 2.58. The van der Waals surface area contributed by atoms with Gasteiger partial charge in [0.15, 0.2) is 5.76 Å². The maximum Gasteiger partial charge on any atom is 0.253 e. The molecule has 0 spiro atoms. The normalized spacial score (nSPS) is 14.8. The molecule has 0 bridgehead atoms. The summed E-state index contributed by atoms with van der Waals surface area (Å²) >= 11 is 0. The van der Waals surface area contributed by atoms with Crippen molar-refractivity contribution in [2.24, 2.45) is 0 Å². The quantitative estimate of drug-likeness (QED) is 0.545. The average molecular weight is 363 g/mol. The number of ether oxygens (including phenoxy) is 1. The Balaban J connectivity index is 1.56. The van der Waals surface area contributed by atoms with Gasteiger partial charge in [-0.1, -0.05) is 0 Å². The number of nitrogens with zero attached hydrogens (tertiary/aromatic N) is 7. The van der Waals surface area contributed by atoms with E-state index in [1.807, 2.05) is 19.1 Å². The Hall–Kier alpha value is -3.33. The molecule has 0 amide bonds. The van der Waals surface area contributed by atoms with Crippen LogP contribution in [0.2, 0.25) is 0 Å².